The predicted octanol–water partition coefficient (Wildman–Crippen LogP) is 2.85. The zero-order chi connectivity index (χ0) is 16.7. The van der Waals surface area contributed by atoms with E-state index in [-0.39, 0.29) is 12.1 Å². The van der Waals surface area contributed by atoms with Gasteiger partial charge in [0.15, 0.2) is 0 Å². The Morgan fingerprint density at radius 3 is 2.65 bits per heavy atom. The molecular formula is C19H33N3O. The number of hydrogen-bond donors (Lipinski definition) is 2. The van der Waals surface area contributed by atoms with Gasteiger partial charge in [0.2, 0.25) is 0 Å². The Morgan fingerprint density at radius 2 is 2.04 bits per heavy atom. The Balaban J connectivity index is 1.80. The van der Waals surface area contributed by atoms with Gasteiger partial charge in [0.1, 0.15) is 0 Å². The van der Waals surface area contributed by atoms with Crippen LogP contribution in [0.5, 0.6) is 0 Å². The molecule has 0 aliphatic carbocycles. The lowest BCUT2D eigenvalue weighted by Gasteiger charge is -2.32. The van der Waals surface area contributed by atoms with Crippen molar-refractivity contribution < 1.29 is 5.11 Å². The number of β-amino-alcohol motifs (C(OH)–C–C–N with tert-alkyl or cyclic N) is 1. The molecule has 4 nitrogen and oxygen atoms in total. The molecule has 0 saturated carbocycles. The smallest absolute Gasteiger partial charge is 0.0791 e. The maximum Gasteiger partial charge on any atom is 0.0791 e. The third kappa shape index (κ3) is 6.58. The van der Waals surface area contributed by atoms with Crippen LogP contribution in [0.15, 0.2) is 24.4 Å². The van der Waals surface area contributed by atoms with Crippen molar-refractivity contribution in [3.8, 4) is 0 Å². The maximum atomic E-state index is 10.4. The van der Waals surface area contributed by atoms with Crippen LogP contribution in [0.4, 0.5) is 0 Å². The van der Waals surface area contributed by atoms with Crippen molar-refractivity contribution in [2.24, 2.45) is 11.8 Å². The van der Waals surface area contributed by atoms with E-state index >= 15 is 0 Å². The second-order valence-electron chi connectivity index (χ2n) is 7.48. The summed E-state index contributed by atoms with van der Waals surface area (Å²) in [5.41, 5.74) is 1.07. The van der Waals surface area contributed by atoms with Gasteiger partial charge in [-0.25, -0.2) is 0 Å². The molecule has 0 bridgehead atoms. The number of piperidine rings is 1. The number of aliphatic hydroxyl groups is 1. The number of nitrogens with zero attached hydrogens (tertiary/aromatic N) is 2. The molecule has 0 aromatic carbocycles. The van der Waals surface area contributed by atoms with Gasteiger partial charge in [-0.2, -0.15) is 0 Å². The first-order chi connectivity index (χ1) is 11.0. The highest BCUT2D eigenvalue weighted by molar-refractivity contribution is 5.08. The summed E-state index contributed by atoms with van der Waals surface area (Å²) >= 11 is 0. The Bertz CT molecular complexity index is 430. The summed E-state index contributed by atoms with van der Waals surface area (Å²) in [6, 6.07) is 6.26. The van der Waals surface area contributed by atoms with Gasteiger partial charge in [0, 0.05) is 25.3 Å². The molecule has 2 rings (SSSR count). The largest absolute Gasteiger partial charge is 0.390 e. The van der Waals surface area contributed by atoms with Crippen LogP contribution < -0.4 is 5.32 Å². The quantitative estimate of drug-likeness (QED) is 0.773. The fourth-order valence-corrected chi connectivity index (χ4v) is 3.25. The van der Waals surface area contributed by atoms with E-state index in [9.17, 15) is 5.11 Å². The molecule has 1 aliphatic rings. The van der Waals surface area contributed by atoms with Gasteiger partial charge in [-0.1, -0.05) is 26.8 Å². The van der Waals surface area contributed by atoms with Crippen molar-refractivity contribution in [2.75, 3.05) is 26.2 Å². The standard InChI is InChI=1S/C19H33N3O/c1-15(2)12-19(18-6-4-5-9-20-18)21-13-17(23)14-22-10-7-16(3)8-11-22/h4-6,9,15-17,19,21,23H,7-8,10-14H2,1-3H3. The van der Waals surface area contributed by atoms with E-state index in [2.05, 4.69) is 42.0 Å². The molecule has 1 saturated heterocycles. The second kappa shape index (κ2) is 9.36. The molecule has 130 valence electrons. The normalized spacial score (nSPS) is 19.9. The van der Waals surface area contributed by atoms with Crippen LogP contribution in [0.2, 0.25) is 0 Å². The van der Waals surface area contributed by atoms with Crippen LogP contribution in [0.1, 0.15) is 51.8 Å². The molecule has 2 unspecified atom stereocenters. The monoisotopic (exact) mass is 319 g/mol. The van der Waals surface area contributed by atoms with Gasteiger partial charge >= 0.3 is 0 Å². The summed E-state index contributed by atoms with van der Waals surface area (Å²) in [5, 5.41) is 13.9. The first kappa shape index (κ1) is 18.4. The lowest BCUT2D eigenvalue weighted by molar-refractivity contribution is 0.0880. The second-order valence-corrected chi connectivity index (χ2v) is 7.48. The van der Waals surface area contributed by atoms with Crippen molar-refractivity contribution in [1.29, 1.82) is 0 Å². The molecule has 23 heavy (non-hydrogen) atoms. The third-order valence-corrected chi connectivity index (χ3v) is 4.70. The lowest BCUT2D eigenvalue weighted by Crippen LogP contribution is -2.42. The van der Waals surface area contributed by atoms with E-state index in [0.29, 0.717) is 12.5 Å². The molecule has 1 aromatic rings. The van der Waals surface area contributed by atoms with Crippen LogP contribution in [0.25, 0.3) is 0 Å². The van der Waals surface area contributed by atoms with Crippen LogP contribution in [-0.2, 0) is 0 Å². The first-order valence-corrected chi connectivity index (χ1v) is 9.09. The summed E-state index contributed by atoms with van der Waals surface area (Å²) in [5.74, 6) is 1.43. The van der Waals surface area contributed by atoms with E-state index in [1.807, 2.05) is 18.3 Å². The van der Waals surface area contributed by atoms with E-state index < -0.39 is 0 Å². The summed E-state index contributed by atoms with van der Waals surface area (Å²) in [6.07, 6.45) is 5.07. The van der Waals surface area contributed by atoms with Gasteiger partial charge < -0.3 is 15.3 Å². The van der Waals surface area contributed by atoms with Crippen molar-refractivity contribution in [1.82, 2.24) is 15.2 Å². The third-order valence-electron chi connectivity index (χ3n) is 4.70. The molecule has 0 amide bonds. The van der Waals surface area contributed by atoms with Gasteiger partial charge in [-0.15, -0.1) is 0 Å². The minimum atomic E-state index is -0.318. The highest BCUT2D eigenvalue weighted by Gasteiger charge is 2.20. The molecule has 2 atom stereocenters. The average Bonchev–Trinajstić information content (AvgIpc) is 2.54. The molecule has 1 fully saturated rings. The molecule has 0 radical (unpaired) electrons. The molecule has 2 N–H and O–H groups in total. The maximum absolute atomic E-state index is 10.4. The topological polar surface area (TPSA) is 48.4 Å². The molecule has 1 aliphatic heterocycles. The molecule has 0 spiro atoms. The number of aromatic nitrogens is 1. The number of hydrogen-bond acceptors (Lipinski definition) is 4. The van der Waals surface area contributed by atoms with E-state index in [1.54, 1.807) is 0 Å². The van der Waals surface area contributed by atoms with Crippen LogP contribution in [0, 0.1) is 11.8 Å². The van der Waals surface area contributed by atoms with Crippen molar-refractivity contribution >= 4 is 0 Å². The number of rotatable bonds is 8. The Labute approximate surface area is 141 Å². The van der Waals surface area contributed by atoms with E-state index in [4.69, 9.17) is 0 Å². The number of nitrogens with one attached hydrogen (secondary N) is 1. The summed E-state index contributed by atoms with van der Waals surface area (Å²) in [7, 11) is 0. The van der Waals surface area contributed by atoms with Gasteiger partial charge in [-0.05, 0) is 56.3 Å². The summed E-state index contributed by atoms with van der Waals surface area (Å²) in [4.78, 5) is 6.87. The minimum Gasteiger partial charge on any atom is -0.390 e. The number of pyridine rings is 1. The average molecular weight is 319 g/mol. The van der Waals surface area contributed by atoms with Crippen molar-refractivity contribution in [3.63, 3.8) is 0 Å². The highest BCUT2D eigenvalue weighted by Crippen LogP contribution is 2.19. The molecule has 4 heteroatoms. The zero-order valence-corrected chi connectivity index (χ0v) is 14.9. The highest BCUT2D eigenvalue weighted by atomic mass is 16.3. The zero-order valence-electron chi connectivity index (χ0n) is 14.9. The Morgan fingerprint density at radius 1 is 1.30 bits per heavy atom. The van der Waals surface area contributed by atoms with Crippen LogP contribution >= 0.6 is 0 Å². The fraction of sp³-hybridized carbons (Fsp3) is 0.737. The van der Waals surface area contributed by atoms with Gasteiger partial charge in [-0.3, -0.25) is 4.98 Å². The number of aliphatic hydroxyl groups excluding tert-OH is 1. The summed E-state index contributed by atoms with van der Waals surface area (Å²) < 4.78 is 0. The Kier molecular flexibility index (Phi) is 7.47. The first-order valence-electron chi connectivity index (χ1n) is 9.09. The van der Waals surface area contributed by atoms with Crippen LogP contribution in [0.3, 0.4) is 0 Å². The molecule has 2 heterocycles. The van der Waals surface area contributed by atoms with Gasteiger partial charge in [0.25, 0.3) is 0 Å². The van der Waals surface area contributed by atoms with Crippen LogP contribution in [-0.4, -0.2) is 47.3 Å². The SMILES string of the molecule is CC(C)CC(NCC(O)CN1CCC(C)CC1)c1ccccn1. The van der Waals surface area contributed by atoms with E-state index in [0.717, 1.165) is 37.7 Å². The van der Waals surface area contributed by atoms with E-state index in [1.165, 1.54) is 12.8 Å². The van der Waals surface area contributed by atoms with Gasteiger partial charge in [0.05, 0.1) is 11.8 Å². The van der Waals surface area contributed by atoms with Crippen molar-refractivity contribution in [2.45, 2.75) is 52.2 Å². The Hall–Kier alpha value is -0.970. The predicted molar refractivity (Wildman–Crippen MR) is 95.3 cm³/mol. The fourth-order valence-electron chi connectivity index (χ4n) is 3.25. The minimum absolute atomic E-state index is 0.215. The number of likely N-dealkylation sites (tertiary alicyclic amines) is 1. The molecular weight excluding hydrogens is 286 g/mol. The lowest BCUT2D eigenvalue weighted by atomic mass is 9.99. The van der Waals surface area contributed by atoms with Crippen molar-refractivity contribution in [3.05, 3.63) is 30.1 Å². The summed E-state index contributed by atoms with van der Waals surface area (Å²) in [6.45, 7) is 10.4. The molecule has 1 aromatic heterocycles.